The minimum atomic E-state index is -0.388. The molecule has 0 saturated heterocycles. The second kappa shape index (κ2) is 9.99. The van der Waals surface area contributed by atoms with Crippen LogP contribution in [-0.4, -0.2) is 24.1 Å². The zero-order valence-corrected chi connectivity index (χ0v) is 15.9. The molecule has 5 nitrogen and oxygen atoms in total. The van der Waals surface area contributed by atoms with Crippen molar-refractivity contribution in [3.05, 3.63) is 60.2 Å². The summed E-state index contributed by atoms with van der Waals surface area (Å²) in [6, 6.07) is 17.6. The second-order valence-corrected chi connectivity index (χ2v) is 7.33. The first kappa shape index (κ1) is 20.0. The van der Waals surface area contributed by atoms with Gasteiger partial charge in [-0.25, -0.2) is 0 Å². The van der Waals surface area contributed by atoms with E-state index in [-0.39, 0.29) is 30.2 Å². The number of carbonyl (C=O) groups excluding carboxylic acids is 2. The van der Waals surface area contributed by atoms with Gasteiger partial charge >= 0.3 is 0 Å². The summed E-state index contributed by atoms with van der Waals surface area (Å²) in [4.78, 5) is 24.2. The van der Waals surface area contributed by atoms with Crippen molar-refractivity contribution in [2.45, 2.75) is 24.8 Å². The third-order valence-corrected chi connectivity index (χ3v) is 4.93. The summed E-state index contributed by atoms with van der Waals surface area (Å²) in [6.07, 6.45) is 0. The Morgan fingerprint density at radius 2 is 1.69 bits per heavy atom. The number of anilines is 1. The van der Waals surface area contributed by atoms with Crippen molar-refractivity contribution in [3.63, 3.8) is 0 Å². The highest BCUT2D eigenvalue weighted by Gasteiger charge is 2.16. The lowest BCUT2D eigenvalue weighted by Crippen LogP contribution is -2.33. The van der Waals surface area contributed by atoms with Gasteiger partial charge in [-0.15, -0.1) is 11.8 Å². The lowest BCUT2D eigenvalue weighted by atomic mass is 9.96. The van der Waals surface area contributed by atoms with Crippen LogP contribution in [0.25, 0.3) is 0 Å². The number of primary amides is 1. The number of para-hydroxylation sites is 1. The van der Waals surface area contributed by atoms with Gasteiger partial charge in [0.2, 0.25) is 11.8 Å². The van der Waals surface area contributed by atoms with Crippen LogP contribution < -0.4 is 16.4 Å². The average molecular weight is 372 g/mol. The van der Waals surface area contributed by atoms with E-state index >= 15 is 0 Å². The van der Waals surface area contributed by atoms with Gasteiger partial charge in [-0.05, 0) is 23.6 Å². The fraction of sp³-hybridized carbons (Fsp3) is 0.300. The standard InChI is InChI=1S/C20H25N3O2S/c1-14(2)20(15-8-4-3-5-9-15)22-12-19(25)23-16-10-6-7-11-17(16)26-13-18(21)24/h3-11,14,20,22H,12-13H2,1-2H3,(H2,21,24)(H,23,25)/t20-/m1/s1. The van der Waals surface area contributed by atoms with Crippen molar-refractivity contribution in [3.8, 4) is 0 Å². The van der Waals surface area contributed by atoms with Gasteiger partial charge in [-0.2, -0.15) is 0 Å². The number of carbonyl (C=O) groups is 2. The van der Waals surface area contributed by atoms with Crippen molar-refractivity contribution >= 4 is 29.3 Å². The molecular weight excluding hydrogens is 346 g/mol. The number of rotatable bonds is 9. The molecule has 4 N–H and O–H groups in total. The highest BCUT2D eigenvalue weighted by atomic mass is 32.2. The fourth-order valence-electron chi connectivity index (χ4n) is 2.64. The van der Waals surface area contributed by atoms with Crippen LogP contribution in [0.2, 0.25) is 0 Å². The predicted molar refractivity (Wildman–Crippen MR) is 107 cm³/mol. The van der Waals surface area contributed by atoms with Gasteiger partial charge in [0.1, 0.15) is 0 Å². The first-order valence-electron chi connectivity index (χ1n) is 8.55. The van der Waals surface area contributed by atoms with Crippen LogP contribution in [0.15, 0.2) is 59.5 Å². The first-order valence-corrected chi connectivity index (χ1v) is 9.54. The Labute approximate surface area is 158 Å². The largest absolute Gasteiger partial charge is 0.369 e. The van der Waals surface area contributed by atoms with Gasteiger partial charge in [-0.3, -0.25) is 9.59 Å². The maximum absolute atomic E-state index is 12.4. The summed E-state index contributed by atoms with van der Waals surface area (Å²) in [5.41, 5.74) is 7.05. The number of thioether (sulfide) groups is 1. The van der Waals surface area contributed by atoms with Gasteiger partial charge in [0.15, 0.2) is 0 Å². The van der Waals surface area contributed by atoms with Crippen LogP contribution >= 0.6 is 11.8 Å². The summed E-state index contributed by atoms with van der Waals surface area (Å²) < 4.78 is 0. The molecule has 0 radical (unpaired) electrons. The molecule has 2 rings (SSSR count). The third-order valence-electron chi connectivity index (χ3n) is 3.84. The van der Waals surface area contributed by atoms with E-state index in [1.165, 1.54) is 11.8 Å². The molecule has 2 aromatic carbocycles. The number of hydrogen-bond donors (Lipinski definition) is 3. The summed E-state index contributed by atoms with van der Waals surface area (Å²) in [6.45, 7) is 4.45. The van der Waals surface area contributed by atoms with E-state index in [0.717, 1.165) is 10.5 Å². The van der Waals surface area contributed by atoms with Crippen molar-refractivity contribution in [2.75, 3.05) is 17.6 Å². The quantitative estimate of drug-likeness (QED) is 0.591. The van der Waals surface area contributed by atoms with Crippen LogP contribution in [0, 0.1) is 5.92 Å². The van der Waals surface area contributed by atoms with E-state index in [9.17, 15) is 9.59 Å². The maximum atomic E-state index is 12.4. The highest BCUT2D eigenvalue weighted by Crippen LogP contribution is 2.26. The molecule has 0 aromatic heterocycles. The van der Waals surface area contributed by atoms with Crippen LogP contribution in [0.1, 0.15) is 25.5 Å². The zero-order chi connectivity index (χ0) is 18.9. The smallest absolute Gasteiger partial charge is 0.238 e. The second-order valence-electron chi connectivity index (χ2n) is 6.31. The Hall–Kier alpha value is -2.31. The summed E-state index contributed by atoms with van der Waals surface area (Å²) in [5.74, 6) is 0.0110. The fourth-order valence-corrected chi connectivity index (χ4v) is 3.39. The molecule has 0 saturated carbocycles. The van der Waals surface area contributed by atoms with Gasteiger partial charge in [0.05, 0.1) is 18.0 Å². The molecule has 0 bridgehead atoms. The Balaban J connectivity index is 1.97. The van der Waals surface area contributed by atoms with E-state index in [2.05, 4.69) is 36.6 Å². The van der Waals surface area contributed by atoms with Crippen molar-refractivity contribution in [1.29, 1.82) is 0 Å². The molecule has 0 unspecified atom stereocenters. The Bertz CT molecular complexity index is 735. The number of benzene rings is 2. The lowest BCUT2D eigenvalue weighted by molar-refractivity contribution is -0.116. The molecule has 2 aromatic rings. The summed E-state index contributed by atoms with van der Waals surface area (Å²) >= 11 is 1.31. The molecule has 0 aliphatic carbocycles. The van der Waals surface area contributed by atoms with E-state index in [4.69, 9.17) is 5.73 Å². The molecule has 138 valence electrons. The maximum Gasteiger partial charge on any atom is 0.238 e. The predicted octanol–water partition coefficient (Wildman–Crippen LogP) is 3.19. The Morgan fingerprint density at radius 1 is 1.04 bits per heavy atom. The Kier molecular flexibility index (Phi) is 7.69. The number of nitrogens with two attached hydrogens (primary N) is 1. The van der Waals surface area contributed by atoms with Gasteiger partial charge in [0.25, 0.3) is 0 Å². The number of nitrogens with one attached hydrogen (secondary N) is 2. The molecular formula is C20H25N3O2S. The summed E-state index contributed by atoms with van der Waals surface area (Å²) in [7, 11) is 0. The number of hydrogen-bond acceptors (Lipinski definition) is 4. The van der Waals surface area contributed by atoms with E-state index in [1.807, 2.05) is 42.5 Å². The zero-order valence-electron chi connectivity index (χ0n) is 15.1. The van der Waals surface area contributed by atoms with Crippen LogP contribution in [-0.2, 0) is 9.59 Å². The van der Waals surface area contributed by atoms with E-state index < -0.39 is 0 Å². The average Bonchev–Trinajstić information content (AvgIpc) is 2.61. The normalized spacial score (nSPS) is 12.0. The van der Waals surface area contributed by atoms with Gasteiger partial charge in [0, 0.05) is 10.9 Å². The minimum Gasteiger partial charge on any atom is -0.369 e. The van der Waals surface area contributed by atoms with Gasteiger partial charge in [-0.1, -0.05) is 56.3 Å². The summed E-state index contributed by atoms with van der Waals surface area (Å²) in [5, 5.41) is 6.24. The molecule has 6 heteroatoms. The molecule has 26 heavy (non-hydrogen) atoms. The molecule has 0 aliphatic rings. The molecule has 1 atom stereocenters. The Morgan fingerprint density at radius 3 is 2.35 bits per heavy atom. The minimum absolute atomic E-state index is 0.0985. The molecule has 0 fully saturated rings. The SMILES string of the molecule is CC(C)[C@@H](NCC(=O)Nc1ccccc1SCC(N)=O)c1ccccc1. The van der Waals surface area contributed by atoms with Crippen molar-refractivity contribution in [1.82, 2.24) is 5.32 Å². The molecule has 0 heterocycles. The lowest BCUT2D eigenvalue weighted by Gasteiger charge is -2.23. The molecule has 0 spiro atoms. The number of amides is 2. The third kappa shape index (κ3) is 6.20. The molecule has 2 amide bonds. The van der Waals surface area contributed by atoms with Crippen molar-refractivity contribution in [2.24, 2.45) is 11.7 Å². The topological polar surface area (TPSA) is 84.2 Å². The van der Waals surface area contributed by atoms with E-state index in [0.29, 0.717) is 11.6 Å². The monoisotopic (exact) mass is 371 g/mol. The first-order chi connectivity index (χ1) is 12.5. The van der Waals surface area contributed by atoms with Crippen molar-refractivity contribution < 1.29 is 9.59 Å². The molecule has 0 aliphatic heterocycles. The van der Waals surface area contributed by atoms with Crippen LogP contribution in [0.4, 0.5) is 5.69 Å². The van der Waals surface area contributed by atoms with Crippen LogP contribution in [0.5, 0.6) is 0 Å². The highest BCUT2D eigenvalue weighted by molar-refractivity contribution is 8.00. The van der Waals surface area contributed by atoms with Gasteiger partial charge < -0.3 is 16.4 Å². The van der Waals surface area contributed by atoms with Crippen LogP contribution in [0.3, 0.4) is 0 Å². The van der Waals surface area contributed by atoms with E-state index in [1.54, 1.807) is 0 Å².